The third-order valence-corrected chi connectivity index (χ3v) is 4.52. The fraction of sp³-hybridized carbons (Fsp3) is 0.667. The van der Waals surface area contributed by atoms with E-state index in [1.54, 1.807) is 6.07 Å². The third kappa shape index (κ3) is 6.92. The van der Waals surface area contributed by atoms with E-state index in [9.17, 15) is 4.39 Å². The maximum atomic E-state index is 14.2. The number of benzene rings is 1. The Balaban J connectivity index is 2.41. The molecule has 1 aromatic carbocycles. The van der Waals surface area contributed by atoms with Crippen LogP contribution < -0.4 is 5.32 Å². The largest absolute Gasteiger partial charge is 0.310 e. The molecular formula is C18H29BrFN. The monoisotopic (exact) mass is 357 g/mol. The number of nitrogens with one attached hydrogen (secondary N) is 1. The number of hydrogen-bond acceptors (Lipinski definition) is 1. The lowest BCUT2D eigenvalue weighted by molar-refractivity contribution is 0.456. The number of hydrogen-bond donors (Lipinski definition) is 1. The van der Waals surface area contributed by atoms with Crippen LogP contribution in [0.1, 0.15) is 76.8 Å². The van der Waals surface area contributed by atoms with Crippen molar-refractivity contribution in [2.24, 2.45) is 0 Å². The van der Waals surface area contributed by atoms with Crippen molar-refractivity contribution in [3.63, 3.8) is 0 Å². The molecule has 0 amide bonds. The molecule has 0 aromatic heterocycles. The van der Waals surface area contributed by atoms with Crippen molar-refractivity contribution in [2.45, 2.75) is 71.3 Å². The fourth-order valence-electron chi connectivity index (χ4n) is 2.71. The van der Waals surface area contributed by atoms with Crippen molar-refractivity contribution in [1.29, 1.82) is 0 Å². The fourth-order valence-corrected chi connectivity index (χ4v) is 3.09. The standard InChI is InChI=1S/C18H29BrFN/c1-3-5-6-7-8-9-10-14-17(21-4-2)15-12-11-13-16(19)18(15)20/h11-13,17,21H,3-10,14H2,1-2H3. The molecule has 0 heterocycles. The molecule has 0 aliphatic heterocycles. The van der Waals surface area contributed by atoms with E-state index in [0.29, 0.717) is 4.47 Å². The van der Waals surface area contributed by atoms with Gasteiger partial charge in [0.05, 0.1) is 4.47 Å². The van der Waals surface area contributed by atoms with Gasteiger partial charge in [-0.2, -0.15) is 0 Å². The average molecular weight is 358 g/mol. The molecule has 1 atom stereocenters. The molecule has 1 aromatic rings. The Hall–Kier alpha value is -0.410. The van der Waals surface area contributed by atoms with Crippen molar-refractivity contribution >= 4 is 15.9 Å². The smallest absolute Gasteiger partial charge is 0.142 e. The molecule has 0 saturated heterocycles. The number of unbranched alkanes of at least 4 members (excludes halogenated alkanes) is 6. The van der Waals surface area contributed by atoms with Crippen LogP contribution in [0.15, 0.2) is 22.7 Å². The van der Waals surface area contributed by atoms with E-state index in [1.165, 1.54) is 38.5 Å². The van der Waals surface area contributed by atoms with E-state index in [1.807, 2.05) is 12.1 Å². The molecular weight excluding hydrogens is 329 g/mol. The highest BCUT2D eigenvalue weighted by Crippen LogP contribution is 2.27. The lowest BCUT2D eigenvalue weighted by Crippen LogP contribution is -2.22. The van der Waals surface area contributed by atoms with Crippen LogP contribution in [-0.4, -0.2) is 6.54 Å². The van der Waals surface area contributed by atoms with Crippen molar-refractivity contribution < 1.29 is 4.39 Å². The lowest BCUT2D eigenvalue weighted by Gasteiger charge is -2.19. The van der Waals surface area contributed by atoms with Crippen LogP contribution in [0.4, 0.5) is 4.39 Å². The van der Waals surface area contributed by atoms with Gasteiger partial charge in [0.25, 0.3) is 0 Å². The van der Waals surface area contributed by atoms with Gasteiger partial charge in [-0.25, -0.2) is 4.39 Å². The van der Waals surface area contributed by atoms with Crippen LogP contribution in [0.3, 0.4) is 0 Å². The Bertz CT molecular complexity index is 395. The molecule has 1 rings (SSSR count). The predicted molar refractivity (Wildman–Crippen MR) is 93.1 cm³/mol. The van der Waals surface area contributed by atoms with Gasteiger partial charge in [-0.1, -0.05) is 70.9 Å². The summed E-state index contributed by atoms with van der Waals surface area (Å²) in [6.07, 6.45) is 10.1. The highest BCUT2D eigenvalue weighted by molar-refractivity contribution is 9.10. The van der Waals surface area contributed by atoms with Crippen LogP contribution in [0.25, 0.3) is 0 Å². The summed E-state index contributed by atoms with van der Waals surface area (Å²) in [5.41, 5.74) is 0.789. The summed E-state index contributed by atoms with van der Waals surface area (Å²) in [7, 11) is 0. The number of rotatable bonds is 11. The summed E-state index contributed by atoms with van der Waals surface area (Å²) in [4.78, 5) is 0. The molecule has 120 valence electrons. The Morgan fingerprint density at radius 3 is 2.38 bits per heavy atom. The number of halogens is 2. The molecule has 0 radical (unpaired) electrons. The summed E-state index contributed by atoms with van der Waals surface area (Å²) in [6, 6.07) is 5.70. The first kappa shape index (κ1) is 18.6. The van der Waals surface area contributed by atoms with E-state index in [-0.39, 0.29) is 11.9 Å². The zero-order valence-corrected chi connectivity index (χ0v) is 15.0. The normalized spacial score (nSPS) is 12.6. The van der Waals surface area contributed by atoms with Gasteiger partial charge in [-0.05, 0) is 35.0 Å². The zero-order chi connectivity index (χ0) is 15.5. The Labute approximate surface area is 137 Å². The first-order valence-electron chi connectivity index (χ1n) is 8.38. The van der Waals surface area contributed by atoms with Gasteiger partial charge in [0.1, 0.15) is 5.82 Å². The van der Waals surface area contributed by atoms with Crippen molar-refractivity contribution in [3.05, 3.63) is 34.1 Å². The molecule has 1 N–H and O–H groups in total. The first-order chi connectivity index (χ1) is 10.2. The lowest BCUT2D eigenvalue weighted by atomic mass is 9.99. The Morgan fingerprint density at radius 2 is 1.71 bits per heavy atom. The van der Waals surface area contributed by atoms with E-state index in [2.05, 4.69) is 35.1 Å². The predicted octanol–water partition coefficient (Wildman–Crippen LogP) is 6.38. The molecule has 1 unspecified atom stereocenters. The van der Waals surface area contributed by atoms with Crippen molar-refractivity contribution in [2.75, 3.05) is 6.54 Å². The molecule has 1 nitrogen and oxygen atoms in total. The summed E-state index contributed by atoms with van der Waals surface area (Å²) in [5.74, 6) is -0.119. The van der Waals surface area contributed by atoms with Crippen molar-refractivity contribution in [3.8, 4) is 0 Å². The van der Waals surface area contributed by atoms with Crippen LogP contribution in [0.5, 0.6) is 0 Å². The Morgan fingerprint density at radius 1 is 1.05 bits per heavy atom. The molecule has 21 heavy (non-hydrogen) atoms. The highest BCUT2D eigenvalue weighted by Gasteiger charge is 2.15. The van der Waals surface area contributed by atoms with E-state index in [0.717, 1.165) is 24.9 Å². The quantitative estimate of drug-likeness (QED) is 0.453. The van der Waals surface area contributed by atoms with Crippen LogP contribution >= 0.6 is 15.9 Å². The summed E-state index contributed by atoms with van der Waals surface area (Å²) < 4.78 is 14.8. The average Bonchev–Trinajstić information content (AvgIpc) is 2.48. The van der Waals surface area contributed by atoms with Gasteiger partial charge in [-0.3, -0.25) is 0 Å². The van der Waals surface area contributed by atoms with Crippen LogP contribution in [0.2, 0.25) is 0 Å². The third-order valence-electron chi connectivity index (χ3n) is 3.90. The van der Waals surface area contributed by atoms with Gasteiger partial charge in [0.15, 0.2) is 0 Å². The van der Waals surface area contributed by atoms with Crippen molar-refractivity contribution in [1.82, 2.24) is 5.32 Å². The maximum absolute atomic E-state index is 14.2. The van der Waals surface area contributed by atoms with Crippen LogP contribution in [0, 0.1) is 5.82 Å². The maximum Gasteiger partial charge on any atom is 0.142 e. The van der Waals surface area contributed by atoms with Gasteiger partial charge in [0, 0.05) is 11.6 Å². The minimum atomic E-state index is -0.119. The zero-order valence-electron chi connectivity index (χ0n) is 13.4. The second-order valence-corrected chi connectivity index (χ2v) is 6.52. The minimum Gasteiger partial charge on any atom is -0.310 e. The van der Waals surface area contributed by atoms with E-state index < -0.39 is 0 Å². The molecule has 3 heteroatoms. The van der Waals surface area contributed by atoms with Gasteiger partial charge < -0.3 is 5.32 Å². The molecule has 0 saturated carbocycles. The second-order valence-electron chi connectivity index (χ2n) is 5.66. The molecule has 0 aliphatic carbocycles. The summed E-state index contributed by atoms with van der Waals surface area (Å²) >= 11 is 3.28. The molecule has 0 spiro atoms. The molecule has 0 fully saturated rings. The second kappa shape index (κ2) is 11.2. The van der Waals surface area contributed by atoms with E-state index in [4.69, 9.17) is 0 Å². The van der Waals surface area contributed by atoms with Gasteiger partial charge in [0.2, 0.25) is 0 Å². The molecule has 0 bridgehead atoms. The molecule has 0 aliphatic rings. The SMILES string of the molecule is CCCCCCCCCC(NCC)c1cccc(Br)c1F. The minimum absolute atomic E-state index is 0.119. The summed E-state index contributed by atoms with van der Waals surface area (Å²) in [5, 5.41) is 3.42. The van der Waals surface area contributed by atoms with Gasteiger partial charge in [-0.15, -0.1) is 0 Å². The topological polar surface area (TPSA) is 12.0 Å². The first-order valence-corrected chi connectivity index (χ1v) is 9.17. The highest BCUT2D eigenvalue weighted by atomic mass is 79.9. The van der Waals surface area contributed by atoms with E-state index >= 15 is 0 Å². The van der Waals surface area contributed by atoms with Gasteiger partial charge >= 0.3 is 0 Å². The van der Waals surface area contributed by atoms with Crippen LogP contribution in [-0.2, 0) is 0 Å². The Kier molecular flexibility index (Phi) is 9.94. The summed E-state index contributed by atoms with van der Waals surface area (Å²) in [6.45, 7) is 5.19.